The molecule has 0 aliphatic carbocycles. The zero-order chi connectivity index (χ0) is 31.4. The van der Waals surface area contributed by atoms with E-state index in [1.165, 1.54) is 11.0 Å². The number of anilines is 3. The van der Waals surface area contributed by atoms with Gasteiger partial charge in [0, 0.05) is 57.2 Å². The molecule has 1 aromatic heterocycles. The van der Waals surface area contributed by atoms with Crippen molar-refractivity contribution in [2.45, 2.75) is 58.5 Å². The number of benzene rings is 1. The van der Waals surface area contributed by atoms with Crippen LogP contribution in [-0.4, -0.2) is 98.2 Å². The van der Waals surface area contributed by atoms with Crippen molar-refractivity contribution in [3.8, 4) is 5.75 Å². The number of amides is 2. The second kappa shape index (κ2) is 16.8. The van der Waals surface area contributed by atoms with Crippen LogP contribution < -0.4 is 20.7 Å². The number of rotatable bonds is 15. The zero-order valence-corrected chi connectivity index (χ0v) is 26.8. The van der Waals surface area contributed by atoms with Gasteiger partial charge >= 0.3 is 0 Å². The molecule has 11 heteroatoms. The van der Waals surface area contributed by atoms with Crippen molar-refractivity contribution in [2.75, 3.05) is 65.2 Å². The van der Waals surface area contributed by atoms with Crippen LogP contribution in [0, 0.1) is 5.92 Å². The van der Waals surface area contributed by atoms with Gasteiger partial charge in [-0.2, -0.15) is 0 Å². The van der Waals surface area contributed by atoms with Gasteiger partial charge in [-0.25, -0.2) is 4.98 Å². The first-order valence-corrected chi connectivity index (χ1v) is 15.1. The van der Waals surface area contributed by atoms with E-state index >= 15 is 0 Å². The maximum Gasteiger partial charge on any atom is 0.246 e. The number of aryl methyl sites for hydroxylation is 1. The molecular formula is C32H49N7O4. The van der Waals surface area contributed by atoms with Crippen molar-refractivity contribution >= 4 is 29.1 Å². The first-order chi connectivity index (χ1) is 20.6. The Bertz CT molecular complexity index is 1230. The Balaban J connectivity index is 1.65. The standard InChI is InChI=1S/C32H49N7O4/c1-8-27-31(36-24-12-16-43-17-13-24)37-28(21-34-27)35-25-18-23(19-26(20-25)42-7)11-14-33-32(41)30(22(2)3)39(6)29(40)10-9-15-38(4)5/h9-10,18-22,24,30H,8,11-17H2,1-7H3,(H,33,41)(H2,35,36,37)/b10-9+/t30-/m0/s1. The quantitative estimate of drug-likeness (QED) is 0.265. The molecule has 1 aromatic carbocycles. The maximum absolute atomic E-state index is 13.2. The van der Waals surface area contributed by atoms with Crippen LogP contribution in [0.2, 0.25) is 0 Å². The average molecular weight is 596 g/mol. The summed E-state index contributed by atoms with van der Waals surface area (Å²) in [5, 5.41) is 9.95. The number of methoxy groups -OCH3 is 1. The summed E-state index contributed by atoms with van der Waals surface area (Å²) in [5.41, 5.74) is 2.72. The number of hydrogen-bond donors (Lipinski definition) is 3. The van der Waals surface area contributed by atoms with Crippen LogP contribution in [0.25, 0.3) is 0 Å². The molecule has 1 aliphatic rings. The number of ether oxygens (including phenoxy) is 2. The normalized spacial score (nSPS) is 14.6. The van der Waals surface area contributed by atoms with Gasteiger partial charge in [0.2, 0.25) is 11.8 Å². The van der Waals surface area contributed by atoms with Crippen LogP contribution in [0.3, 0.4) is 0 Å². The molecule has 3 rings (SSSR count). The van der Waals surface area contributed by atoms with E-state index in [4.69, 9.17) is 14.5 Å². The molecule has 0 bridgehead atoms. The number of aromatic nitrogens is 2. The average Bonchev–Trinajstić information content (AvgIpc) is 2.97. The van der Waals surface area contributed by atoms with Crippen LogP contribution in [0.15, 0.2) is 36.5 Å². The third-order valence-corrected chi connectivity index (χ3v) is 7.33. The summed E-state index contributed by atoms with van der Waals surface area (Å²) in [6.45, 7) is 8.52. The Hall–Kier alpha value is -3.70. The lowest BCUT2D eigenvalue weighted by Gasteiger charge is -2.29. The molecule has 11 nitrogen and oxygen atoms in total. The first kappa shape index (κ1) is 33.8. The van der Waals surface area contributed by atoms with E-state index in [0.717, 1.165) is 55.2 Å². The second-order valence-corrected chi connectivity index (χ2v) is 11.5. The Labute approximate surface area is 256 Å². The Morgan fingerprint density at radius 2 is 1.91 bits per heavy atom. The molecule has 236 valence electrons. The van der Waals surface area contributed by atoms with Gasteiger partial charge in [-0.15, -0.1) is 0 Å². The van der Waals surface area contributed by atoms with E-state index < -0.39 is 6.04 Å². The van der Waals surface area contributed by atoms with Gasteiger partial charge in [-0.3, -0.25) is 14.6 Å². The van der Waals surface area contributed by atoms with Gasteiger partial charge in [0.05, 0.1) is 19.0 Å². The van der Waals surface area contributed by atoms with Crippen LogP contribution in [0.4, 0.5) is 17.3 Å². The largest absolute Gasteiger partial charge is 0.497 e. The predicted octanol–water partition coefficient (Wildman–Crippen LogP) is 3.64. The summed E-state index contributed by atoms with van der Waals surface area (Å²) in [4.78, 5) is 38.8. The molecule has 3 N–H and O–H groups in total. The van der Waals surface area contributed by atoms with E-state index in [9.17, 15) is 9.59 Å². The molecular weight excluding hydrogens is 546 g/mol. The fourth-order valence-electron chi connectivity index (χ4n) is 5.01. The molecule has 2 aromatic rings. The van der Waals surface area contributed by atoms with Crippen molar-refractivity contribution in [3.63, 3.8) is 0 Å². The molecule has 0 radical (unpaired) electrons. The van der Waals surface area contributed by atoms with Crippen molar-refractivity contribution in [2.24, 2.45) is 5.92 Å². The summed E-state index contributed by atoms with van der Waals surface area (Å²) in [5.74, 6) is 1.70. The van der Waals surface area contributed by atoms with Crippen molar-refractivity contribution in [3.05, 3.63) is 47.8 Å². The number of carbonyl (C=O) groups is 2. The number of likely N-dealkylation sites (N-methyl/N-ethyl adjacent to an activating group) is 2. The van der Waals surface area contributed by atoms with E-state index in [1.807, 2.05) is 51.0 Å². The van der Waals surface area contributed by atoms with Crippen molar-refractivity contribution in [1.82, 2.24) is 25.1 Å². The lowest BCUT2D eigenvalue weighted by Crippen LogP contribution is -2.50. The van der Waals surface area contributed by atoms with Crippen LogP contribution >= 0.6 is 0 Å². The minimum Gasteiger partial charge on any atom is -0.497 e. The summed E-state index contributed by atoms with van der Waals surface area (Å²) in [7, 11) is 7.17. The number of nitrogens with one attached hydrogen (secondary N) is 3. The summed E-state index contributed by atoms with van der Waals surface area (Å²) < 4.78 is 11.0. The van der Waals surface area contributed by atoms with Gasteiger partial charge in [-0.05, 0) is 63.4 Å². The molecule has 2 heterocycles. The Kier molecular flexibility index (Phi) is 13.2. The Morgan fingerprint density at radius 1 is 1.16 bits per heavy atom. The smallest absolute Gasteiger partial charge is 0.246 e. The topological polar surface area (TPSA) is 121 Å². The minimum absolute atomic E-state index is 0.0464. The van der Waals surface area contributed by atoms with E-state index in [-0.39, 0.29) is 17.7 Å². The molecule has 1 fully saturated rings. The fourth-order valence-corrected chi connectivity index (χ4v) is 5.01. The SMILES string of the molecule is CCc1ncc(Nc2cc(CCNC(=O)[C@H](C(C)C)N(C)C(=O)/C=C/CN(C)C)cc(OC)c2)nc1NC1CCOCC1. The molecule has 43 heavy (non-hydrogen) atoms. The van der Waals surface area contributed by atoms with Crippen molar-refractivity contribution in [1.29, 1.82) is 0 Å². The molecule has 2 amide bonds. The molecule has 0 unspecified atom stereocenters. The summed E-state index contributed by atoms with van der Waals surface area (Å²) in [6, 6.07) is 5.61. The highest BCUT2D eigenvalue weighted by Gasteiger charge is 2.28. The van der Waals surface area contributed by atoms with Crippen LogP contribution in [0.5, 0.6) is 5.75 Å². The maximum atomic E-state index is 13.2. The van der Waals surface area contributed by atoms with Gasteiger partial charge in [0.15, 0.2) is 5.82 Å². The van der Waals surface area contributed by atoms with Crippen LogP contribution in [-0.2, 0) is 27.2 Å². The fraction of sp³-hybridized carbons (Fsp3) is 0.562. The van der Waals surface area contributed by atoms with Gasteiger partial charge in [0.1, 0.15) is 17.6 Å². The van der Waals surface area contributed by atoms with E-state index in [1.54, 1.807) is 26.4 Å². The number of hydrogen-bond acceptors (Lipinski definition) is 9. The number of nitrogens with zero attached hydrogens (tertiary/aromatic N) is 4. The molecule has 1 aliphatic heterocycles. The lowest BCUT2D eigenvalue weighted by molar-refractivity contribution is -0.137. The molecule has 1 saturated heterocycles. The monoisotopic (exact) mass is 595 g/mol. The number of carbonyl (C=O) groups excluding carboxylic acids is 2. The summed E-state index contributed by atoms with van der Waals surface area (Å²) in [6.07, 6.45) is 8.32. The van der Waals surface area contributed by atoms with Crippen molar-refractivity contribution < 1.29 is 19.1 Å². The first-order valence-electron chi connectivity index (χ1n) is 15.1. The van der Waals surface area contributed by atoms with Gasteiger partial charge < -0.3 is 35.2 Å². The highest BCUT2D eigenvalue weighted by molar-refractivity contribution is 5.93. The zero-order valence-electron chi connectivity index (χ0n) is 26.8. The van der Waals surface area contributed by atoms with Crippen LogP contribution in [0.1, 0.15) is 44.9 Å². The lowest BCUT2D eigenvalue weighted by atomic mass is 10.0. The Morgan fingerprint density at radius 3 is 2.56 bits per heavy atom. The molecule has 1 atom stereocenters. The van der Waals surface area contributed by atoms with E-state index in [2.05, 4.69) is 27.9 Å². The minimum atomic E-state index is -0.576. The second-order valence-electron chi connectivity index (χ2n) is 11.5. The highest BCUT2D eigenvalue weighted by Crippen LogP contribution is 2.25. The van der Waals surface area contributed by atoms with E-state index in [0.29, 0.717) is 37.1 Å². The summed E-state index contributed by atoms with van der Waals surface area (Å²) >= 11 is 0. The van der Waals surface area contributed by atoms with Gasteiger partial charge in [-0.1, -0.05) is 26.8 Å². The molecule has 0 saturated carbocycles. The highest BCUT2D eigenvalue weighted by atomic mass is 16.5. The third kappa shape index (κ3) is 10.5. The third-order valence-electron chi connectivity index (χ3n) is 7.33. The predicted molar refractivity (Wildman–Crippen MR) is 171 cm³/mol. The van der Waals surface area contributed by atoms with Gasteiger partial charge in [0.25, 0.3) is 0 Å². The molecule has 0 spiro atoms.